The average molecular weight is 143 g/mol. The smallest absolute Gasteiger partial charge is 0.212 e. The topological polar surface area (TPSA) is 102 Å². The van der Waals surface area contributed by atoms with Crippen molar-refractivity contribution in [1.29, 1.82) is 5.53 Å². The molecule has 0 aromatic heterocycles. The van der Waals surface area contributed by atoms with Gasteiger partial charge in [0.2, 0.25) is 0 Å². The Morgan fingerprint density at radius 2 is 1.50 bits per heavy atom. The lowest BCUT2D eigenvalue weighted by atomic mass is 10.7. The van der Waals surface area contributed by atoms with Crippen molar-refractivity contribution < 1.29 is 19.1 Å². The highest BCUT2D eigenvalue weighted by atomic mass is 16.2. The minimum absolute atomic E-state index is 0.0153. The maximum atomic E-state index is 10.4. The van der Waals surface area contributed by atoms with E-state index in [1.165, 1.54) is 0 Å². The minimum atomic E-state index is -1.05. The number of carbonyl (C=O) groups excluding carboxylic acids is 3. The zero-order valence-electron chi connectivity index (χ0n) is 4.67. The molecule has 0 aromatic carbocycles. The lowest BCUT2D eigenvalue weighted by molar-refractivity contribution is -0.426. The molecular weight excluding hydrogens is 140 g/mol. The molecule has 7 heteroatoms. The van der Waals surface area contributed by atoms with E-state index in [4.69, 9.17) is 5.53 Å². The Morgan fingerprint density at radius 1 is 1.10 bits per heavy atom. The van der Waals surface area contributed by atoms with E-state index in [0.29, 0.717) is 0 Å². The molecular formula is C3H3N4O3+. The lowest BCUT2D eigenvalue weighted by Crippen LogP contribution is -2.55. The summed E-state index contributed by atoms with van der Waals surface area (Å²) in [5.74, 6) is 0. The second kappa shape index (κ2) is 1.87. The zero-order valence-corrected chi connectivity index (χ0v) is 4.67. The third kappa shape index (κ3) is 0.835. The number of imide groups is 3. The molecule has 0 aromatic rings. The largest absolute Gasteiger partial charge is 0.472 e. The highest BCUT2D eigenvalue weighted by molar-refractivity contribution is 6.03. The molecule has 0 unspecified atom stereocenters. The van der Waals surface area contributed by atoms with Crippen LogP contribution in [0.4, 0.5) is 14.4 Å². The highest BCUT2D eigenvalue weighted by Gasteiger charge is 2.34. The van der Waals surface area contributed by atoms with E-state index in [-0.39, 0.29) is 4.70 Å². The molecule has 0 radical (unpaired) electrons. The van der Waals surface area contributed by atoms with Crippen molar-refractivity contribution in [3.8, 4) is 0 Å². The van der Waals surface area contributed by atoms with Gasteiger partial charge in [-0.25, -0.2) is 14.4 Å². The van der Waals surface area contributed by atoms with Crippen molar-refractivity contribution in [3.63, 3.8) is 0 Å². The molecule has 1 fully saturated rings. The molecule has 1 saturated heterocycles. The average Bonchev–Trinajstić information content (AvgIpc) is 1.82. The van der Waals surface area contributed by atoms with Gasteiger partial charge in [-0.1, -0.05) is 0 Å². The summed E-state index contributed by atoms with van der Waals surface area (Å²) in [5.41, 5.74) is 6.63. The normalized spacial score (nSPS) is 18.4. The van der Waals surface area contributed by atoms with Gasteiger partial charge in [-0.15, -0.1) is 0 Å². The summed E-state index contributed by atoms with van der Waals surface area (Å²) in [4.78, 5) is 31.0. The predicted molar refractivity (Wildman–Crippen MR) is 25.4 cm³/mol. The molecule has 7 nitrogen and oxygen atoms in total. The van der Waals surface area contributed by atoms with E-state index >= 15 is 0 Å². The Hall–Kier alpha value is -1.79. The van der Waals surface area contributed by atoms with Gasteiger partial charge >= 0.3 is 18.1 Å². The van der Waals surface area contributed by atoms with Gasteiger partial charge in [-0.2, -0.15) is 16.2 Å². The number of hydrogen-bond donors (Lipinski definition) is 3. The monoisotopic (exact) mass is 143 g/mol. The van der Waals surface area contributed by atoms with E-state index < -0.39 is 18.1 Å². The first kappa shape index (κ1) is 6.33. The molecule has 1 rings (SSSR count). The van der Waals surface area contributed by atoms with Crippen LogP contribution in [0.3, 0.4) is 0 Å². The van der Waals surface area contributed by atoms with Crippen LogP contribution in [0.5, 0.6) is 0 Å². The van der Waals surface area contributed by atoms with Crippen LogP contribution in [-0.4, -0.2) is 22.8 Å². The Bertz CT molecular complexity index is 222. The van der Waals surface area contributed by atoms with Crippen LogP contribution in [0, 0.1) is 5.53 Å². The molecule has 10 heavy (non-hydrogen) atoms. The van der Waals surface area contributed by atoms with Gasteiger partial charge in [0, 0.05) is 0 Å². The van der Waals surface area contributed by atoms with Gasteiger partial charge in [0.15, 0.2) is 0 Å². The fourth-order valence-electron chi connectivity index (χ4n) is 0.430. The van der Waals surface area contributed by atoms with Crippen LogP contribution in [0.2, 0.25) is 0 Å². The van der Waals surface area contributed by atoms with E-state index in [9.17, 15) is 14.4 Å². The second-order valence-electron chi connectivity index (χ2n) is 1.52. The van der Waals surface area contributed by atoms with Gasteiger partial charge < -0.3 is 0 Å². The van der Waals surface area contributed by atoms with E-state index in [1.54, 1.807) is 10.6 Å². The van der Waals surface area contributed by atoms with E-state index in [0.717, 1.165) is 0 Å². The number of nitrogens with one attached hydrogen (secondary N) is 3. The first-order chi connectivity index (χ1) is 4.61. The summed E-state index contributed by atoms with van der Waals surface area (Å²) in [6.07, 6.45) is 0. The SMILES string of the molecule is N=[N+]1C(=O)NC(=O)NC1=O. The highest BCUT2D eigenvalue weighted by Crippen LogP contribution is 1.85. The molecule has 0 atom stereocenters. The molecule has 3 N–H and O–H groups in total. The quantitative estimate of drug-likeness (QED) is 0.401. The summed E-state index contributed by atoms with van der Waals surface area (Å²) < 4.78 is 0.0153. The lowest BCUT2D eigenvalue weighted by Gasteiger charge is -2.02. The van der Waals surface area contributed by atoms with Crippen LogP contribution < -0.4 is 10.6 Å². The zero-order chi connectivity index (χ0) is 7.72. The molecule has 0 bridgehead atoms. The van der Waals surface area contributed by atoms with Gasteiger partial charge in [0.1, 0.15) is 0 Å². The first-order valence-electron chi connectivity index (χ1n) is 2.28. The van der Waals surface area contributed by atoms with Crippen molar-refractivity contribution in [2.75, 3.05) is 0 Å². The van der Waals surface area contributed by atoms with Gasteiger partial charge in [0.25, 0.3) is 0 Å². The molecule has 1 aliphatic heterocycles. The Morgan fingerprint density at radius 3 is 1.90 bits per heavy atom. The van der Waals surface area contributed by atoms with E-state index in [1.807, 2.05) is 0 Å². The van der Waals surface area contributed by atoms with Crippen LogP contribution >= 0.6 is 0 Å². The van der Waals surface area contributed by atoms with Crippen LogP contribution in [0.1, 0.15) is 0 Å². The molecule has 0 aliphatic carbocycles. The summed E-state index contributed by atoms with van der Waals surface area (Å²) in [5, 5.41) is 3.38. The summed E-state index contributed by atoms with van der Waals surface area (Å²) in [6, 6.07) is -3.00. The fourth-order valence-corrected chi connectivity index (χ4v) is 0.430. The molecule has 52 valence electrons. The fraction of sp³-hybridized carbons (Fsp3) is 0. The van der Waals surface area contributed by atoms with Gasteiger partial charge in [-0.3, -0.25) is 0 Å². The number of carbonyl (C=O) groups is 3. The van der Waals surface area contributed by atoms with Gasteiger partial charge in [0.05, 0.1) is 0 Å². The number of nitrogens with zero attached hydrogens (tertiary/aromatic N) is 1. The number of urea groups is 3. The molecule has 0 saturated carbocycles. The van der Waals surface area contributed by atoms with Crippen LogP contribution in [0.15, 0.2) is 0 Å². The molecule has 6 amide bonds. The van der Waals surface area contributed by atoms with Crippen molar-refractivity contribution >= 4 is 18.1 Å². The maximum absolute atomic E-state index is 10.4. The minimum Gasteiger partial charge on any atom is -0.212 e. The number of amides is 6. The third-order valence-electron chi connectivity index (χ3n) is 0.847. The Kier molecular flexibility index (Phi) is 1.18. The summed E-state index contributed by atoms with van der Waals surface area (Å²) in [7, 11) is 0. The standard InChI is InChI=1S/C3H2N4O3/c4-7-2(9)5-1(8)6-3(7)10/h4H,(H-,5,6,8,9,10)/p+1. The Labute approximate surface area is 54.5 Å². The number of rotatable bonds is 0. The van der Waals surface area contributed by atoms with Crippen molar-refractivity contribution in [3.05, 3.63) is 0 Å². The van der Waals surface area contributed by atoms with Crippen molar-refractivity contribution in [2.24, 2.45) is 0 Å². The van der Waals surface area contributed by atoms with Crippen LogP contribution in [-0.2, 0) is 0 Å². The van der Waals surface area contributed by atoms with Crippen molar-refractivity contribution in [1.82, 2.24) is 10.6 Å². The number of hydrogen-bond acceptors (Lipinski definition) is 4. The predicted octanol–water partition coefficient (Wildman–Crippen LogP) is -0.417. The molecule has 1 heterocycles. The maximum Gasteiger partial charge on any atom is 0.472 e. The summed E-state index contributed by atoms with van der Waals surface area (Å²) >= 11 is 0. The molecule has 1 aliphatic rings. The van der Waals surface area contributed by atoms with Crippen LogP contribution in [0.25, 0.3) is 0 Å². The van der Waals surface area contributed by atoms with Crippen molar-refractivity contribution in [2.45, 2.75) is 0 Å². The molecule has 0 spiro atoms. The second-order valence-corrected chi connectivity index (χ2v) is 1.52. The first-order valence-corrected chi connectivity index (χ1v) is 2.28. The van der Waals surface area contributed by atoms with Gasteiger partial charge in [-0.05, 0) is 4.70 Å². The Balaban J connectivity index is 2.86. The summed E-state index contributed by atoms with van der Waals surface area (Å²) in [6.45, 7) is 0. The van der Waals surface area contributed by atoms with E-state index in [2.05, 4.69) is 0 Å². The third-order valence-corrected chi connectivity index (χ3v) is 0.847.